The molecule has 2 aliphatic heterocycles. The number of aryl methyl sites for hydroxylation is 2. The predicted octanol–water partition coefficient (Wildman–Crippen LogP) is 3.52. The molecule has 26 heavy (non-hydrogen) atoms. The molecular formula is C21H36N4O. The summed E-state index contributed by atoms with van der Waals surface area (Å²) in [6.45, 7) is 14.8. The van der Waals surface area contributed by atoms with Gasteiger partial charge in [-0.05, 0) is 53.0 Å². The molecule has 3 rings (SSSR count). The number of aromatic nitrogens is 2. The smallest absolute Gasteiger partial charge is 0.222 e. The third kappa shape index (κ3) is 3.98. The predicted molar refractivity (Wildman–Crippen MR) is 105 cm³/mol. The maximum atomic E-state index is 12.3. The van der Waals surface area contributed by atoms with Gasteiger partial charge >= 0.3 is 0 Å². The molecule has 0 saturated carbocycles. The normalized spacial score (nSPS) is 24.6. The van der Waals surface area contributed by atoms with Crippen molar-refractivity contribution in [3.63, 3.8) is 0 Å². The highest BCUT2D eigenvalue weighted by Crippen LogP contribution is 2.39. The summed E-state index contributed by atoms with van der Waals surface area (Å²) in [5.41, 5.74) is 4.20. The second-order valence-electron chi connectivity index (χ2n) is 8.45. The summed E-state index contributed by atoms with van der Waals surface area (Å²) < 4.78 is 2.12. The first-order valence-corrected chi connectivity index (χ1v) is 10.5. The fraction of sp³-hybridized carbons (Fsp3) is 0.810. The molecule has 2 saturated heterocycles. The Morgan fingerprint density at radius 1 is 1.15 bits per heavy atom. The summed E-state index contributed by atoms with van der Waals surface area (Å²) in [6, 6.07) is 0. The lowest BCUT2D eigenvalue weighted by atomic mass is 9.73. The molecule has 3 heterocycles. The number of amides is 1. The topological polar surface area (TPSA) is 41.4 Å². The third-order valence-electron chi connectivity index (χ3n) is 6.48. The zero-order valence-electron chi connectivity index (χ0n) is 17.2. The number of unbranched alkanes of at least 4 members (excludes halogenated alkanes) is 1. The summed E-state index contributed by atoms with van der Waals surface area (Å²) >= 11 is 0. The molecule has 0 bridgehead atoms. The van der Waals surface area contributed by atoms with E-state index < -0.39 is 0 Å². The van der Waals surface area contributed by atoms with Crippen molar-refractivity contribution in [2.45, 2.75) is 79.3 Å². The third-order valence-corrected chi connectivity index (χ3v) is 6.48. The summed E-state index contributed by atoms with van der Waals surface area (Å²) in [5.74, 6) is 0.372. The highest BCUT2D eigenvalue weighted by atomic mass is 16.2. The van der Waals surface area contributed by atoms with Crippen LogP contribution >= 0.6 is 0 Å². The van der Waals surface area contributed by atoms with E-state index in [9.17, 15) is 4.79 Å². The Morgan fingerprint density at radius 3 is 2.65 bits per heavy atom. The lowest BCUT2D eigenvalue weighted by molar-refractivity contribution is -0.139. The molecule has 0 aromatic carbocycles. The lowest BCUT2D eigenvalue weighted by Crippen LogP contribution is -2.54. The van der Waals surface area contributed by atoms with Crippen LogP contribution in [0.25, 0.3) is 0 Å². The summed E-state index contributed by atoms with van der Waals surface area (Å²) in [7, 11) is 0. The minimum absolute atomic E-state index is 0.308. The standard InChI is InChI=1S/C21H36N4O/c1-5-7-13-24-16-21(11-9-20(24)26)10-8-12-23(15-21)14-19-17(3)22-25(6-2)18(19)4/h5-16H2,1-4H3/t21-/m1/s1. The van der Waals surface area contributed by atoms with Crippen LogP contribution in [0.1, 0.15) is 69.3 Å². The van der Waals surface area contributed by atoms with Crippen LogP contribution in [0.4, 0.5) is 0 Å². The number of carbonyl (C=O) groups excluding carboxylic acids is 1. The van der Waals surface area contributed by atoms with Crippen LogP contribution in [0, 0.1) is 19.3 Å². The Labute approximate surface area is 158 Å². The molecule has 1 spiro atoms. The molecule has 1 atom stereocenters. The number of hydrogen-bond donors (Lipinski definition) is 0. The molecule has 1 aromatic heterocycles. The van der Waals surface area contributed by atoms with Gasteiger partial charge in [-0.1, -0.05) is 13.3 Å². The van der Waals surface area contributed by atoms with E-state index in [1.807, 2.05) is 0 Å². The Kier molecular flexibility index (Phi) is 6.06. The van der Waals surface area contributed by atoms with Gasteiger partial charge in [0.15, 0.2) is 0 Å². The quantitative estimate of drug-likeness (QED) is 0.779. The van der Waals surface area contributed by atoms with E-state index >= 15 is 0 Å². The van der Waals surface area contributed by atoms with Gasteiger partial charge in [0.2, 0.25) is 5.91 Å². The van der Waals surface area contributed by atoms with Gasteiger partial charge in [0.1, 0.15) is 0 Å². The number of likely N-dealkylation sites (tertiary alicyclic amines) is 2. The van der Waals surface area contributed by atoms with Gasteiger partial charge in [-0.25, -0.2) is 0 Å². The molecule has 5 heteroatoms. The molecule has 0 N–H and O–H groups in total. The van der Waals surface area contributed by atoms with Crippen LogP contribution in [-0.2, 0) is 17.9 Å². The Morgan fingerprint density at radius 2 is 1.96 bits per heavy atom. The van der Waals surface area contributed by atoms with Crippen LogP contribution in [0.15, 0.2) is 0 Å². The van der Waals surface area contributed by atoms with Crippen molar-refractivity contribution in [3.05, 3.63) is 17.0 Å². The maximum absolute atomic E-state index is 12.3. The molecule has 2 fully saturated rings. The molecule has 1 aromatic rings. The van der Waals surface area contributed by atoms with Crippen molar-refractivity contribution in [2.24, 2.45) is 5.41 Å². The van der Waals surface area contributed by atoms with Gasteiger partial charge in [0.25, 0.3) is 0 Å². The summed E-state index contributed by atoms with van der Waals surface area (Å²) in [4.78, 5) is 17.1. The van der Waals surface area contributed by atoms with Crippen LogP contribution in [0.2, 0.25) is 0 Å². The van der Waals surface area contributed by atoms with Crippen molar-refractivity contribution >= 4 is 5.91 Å². The van der Waals surface area contributed by atoms with Gasteiger partial charge in [0, 0.05) is 55.8 Å². The van der Waals surface area contributed by atoms with E-state index in [0.29, 0.717) is 11.3 Å². The maximum Gasteiger partial charge on any atom is 0.222 e. The van der Waals surface area contributed by atoms with Crippen LogP contribution < -0.4 is 0 Å². The molecule has 5 nitrogen and oxygen atoms in total. The number of piperidine rings is 2. The van der Waals surface area contributed by atoms with Gasteiger partial charge in [-0.3, -0.25) is 14.4 Å². The highest BCUT2D eigenvalue weighted by molar-refractivity contribution is 5.77. The van der Waals surface area contributed by atoms with E-state index in [4.69, 9.17) is 5.10 Å². The van der Waals surface area contributed by atoms with Crippen molar-refractivity contribution in [1.29, 1.82) is 0 Å². The SMILES string of the molecule is CCCCN1C[C@]2(CCCN(Cc3c(C)nn(CC)c3C)C2)CCC1=O. The second-order valence-corrected chi connectivity index (χ2v) is 8.45. The van der Waals surface area contributed by atoms with Gasteiger partial charge in [0.05, 0.1) is 5.69 Å². The molecule has 0 aliphatic carbocycles. The van der Waals surface area contributed by atoms with Crippen LogP contribution in [0.5, 0.6) is 0 Å². The van der Waals surface area contributed by atoms with E-state index in [1.54, 1.807) is 0 Å². The van der Waals surface area contributed by atoms with Crippen molar-refractivity contribution in [3.8, 4) is 0 Å². The molecule has 2 aliphatic rings. The number of nitrogens with zero attached hydrogens (tertiary/aromatic N) is 4. The van der Waals surface area contributed by atoms with E-state index in [1.165, 1.54) is 36.3 Å². The van der Waals surface area contributed by atoms with Gasteiger partial charge in [-0.15, -0.1) is 0 Å². The first kappa shape index (κ1) is 19.4. The molecule has 1 amide bonds. The monoisotopic (exact) mass is 360 g/mol. The minimum atomic E-state index is 0.308. The van der Waals surface area contributed by atoms with Crippen molar-refractivity contribution < 1.29 is 4.79 Å². The van der Waals surface area contributed by atoms with E-state index in [2.05, 4.69) is 42.2 Å². The average Bonchev–Trinajstić information content (AvgIpc) is 2.90. The van der Waals surface area contributed by atoms with Crippen molar-refractivity contribution in [1.82, 2.24) is 19.6 Å². The minimum Gasteiger partial charge on any atom is -0.342 e. The first-order chi connectivity index (χ1) is 12.5. The zero-order valence-corrected chi connectivity index (χ0v) is 17.2. The second kappa shape index (κ2) is 8.12. The fourth-order valence-corrected chi connectivity index (χ4v) is 4.93. The molecular weight excluding hydrogens is 324 g/mol. The molecule has 0 unspecified atom stereocenters. The number of rotatable bonds is 6. The summed E-state index contributed by atoms with van der Waals surface area (Å²) in [5, 5.41) is 4.69. The van der Waals surface area contributed by atoms with E-state index in [0.717, 1.165) is 58.4 Å². The zero-order chi connectivity index (χ0) is 18.7. The Hall–Kier alpha value is -1.36. The highest BCUT2D eigenvalue weighted by Gasteiger charge is 2.41. The first-order valence-electron chi connectivity index (χ1n) is 10.5. The van der Waals surface area contributed by atoms with Gasteiger partial charge < -0.3 is 4.90 Å². The Bertz CT molecular complexity index is 638. The van der Waals surface area contributed by atoms with E-state index in [-0.39, 0.29) is 0 Å². The largest absolute Gasteiger partial charge is 0.342 e. The fourth-order valence-electron chi connectivity index (χ4n) is 4.93. The number of hydrogen-bond acceptors (Lipinski definition) is 3. The number of carbonyl (C=O) groups is 1. The van der Waals surface area contributed by atoms with Crippen LogP contribution in [-0.4, -0.2) is 51.7 Å². The van der Waals surface area contributed by atoms with Gasteiger partial charge in [-0.2, -0.15) is 5.10 Å². The summed E-state index contributed by atoms with van der Waals surface area (Å²) in [6.07, 6.45) is 6.60. The Balaban J connectivity index is 1.69. The lowest BCUT2D eigenvalue weighted by Gasteiger charge is -2.48. The van der Waals surface area contributed by atoms with Crippen molar-refractivity contribution in [2.75, 3.05) is 26.2 Å². The average molecular weight is 361 g/mol. The molecule has 146 valence electrons. The van der Waals surface area contributed by atoms with Crippen LogP contribution in [0.3, 0.4) is 0 Å². The molecule has 0 radical (unpaired) electrons.